The molecule has 1 aromatic carbocycles. The number of nitrogens with zero attached hydrogens (tertiary/aromatic N) is 4. The Bertz CT molecular complexity index is 967. The van der Waals surface area contributed by atoms with E-state index in [0.29, 0.717) is 6.54 Å². The van der Waals surface area contributed by atoms with Gasteiger partial charge in [0.1, 0.15) is 5.82 Å². The van der Waals surface area contributed by atoms with Gasteiger partial charge in [-0.05, 0) is 50.2 Å². The maximum Gasteiger partial charge on any atom is 0.157 e. The second kappa shape index (κ2) is 9.69. The van der Waals surface area contributed by atoms with Gasteiger partial charge in [0.2, 0.25) is 0 Å². The molecule has 2 aliphatic heterocycles. The smallest absolute Gasteiger partial charge is 0.157 e. The number of morpholine rings is 1. The van der Waals surface area contributed by atoms with Crippen LogP contribution in [0, 0.1) is 6.92 Å². The number of benzene rings is 1. The van der Waals surface area contributed by atoms with E-state index >= 15 is 0 Å². The van der Waals surface area contributed by atoms with E-state index in [4.69, 9.17) is 14.7 Å². The second-order valence-corrected chi connectivity index (χ2v) is 9.27. The number of aliphatic hydroxyl groups is 1. The van der Waals surface area contributed by atoms with Crippen molar-refractivity contribution in [2.75, 3.05) is 50.8 Å². The lowest BCUT2D eigenvalue weighted by molar-refractivity contribution is 0.119. The van der Waals surface area contributed by atoms with E-state index < -0.39 is 6.10 Å². The van der Waals surface area contributed by atoms with Crippen LogP contribution in [0.25, 0.3) is 5.57 Å². The minimum atomic E-state index is -0.460. The number of hydrogen-bond acceptors (Lipinski definition) is 6. The maximum absolute atomic E-state index is 10.7. The number of fused-ring (bicyclic) bond motifs is 1. The zero-order chi connectivity index (χ0) is 21.9. The van der Waals surface area contributed by atoms with Gasteiger partial charge in [0, 0.05) is 44.0 Å². The Balaban J connectivity index is 1.31. The van der Waals surface area contributed by atoms with Crippen LogP contribution in [0.15, 0.2) is 30.3 Å². The highest BCUT2D eigenvalue weighted by atomic mass is 16.5. The van der Waals surface area contributed by atoms with Gasteiger partial charge in [-0.3, -0.25) is 4.90 Å². The molecule has 5 rings (SSSR count). The van der Waals surface area contributed by atoms with Crippen LogP contribution in [0.3, 0.4) is 0 Å². The largest absolute Gasteiger partial charge is 0.387 e. The monoisotopic (exact) mass is 434 g/mol. The van der Waals surface area contributed by atoms with Crippen LogP contribution >= 0.6 is 0 Å². The van der Waals surface area contributed by atoms with Crippen molar-refractivity contribution in [2.45, 2.75) is 45.1 Å². The lowest BCUT2D eigenvalue weighted by Crippen LogP contribution is -2.38. The molecule has 3 heterocycles. The van der Waals surface area contributed by atoms with Gasteiger partial charge in [-0.1, -0.05) is 35.9 Å². The molecule has 1 N–H and O–H groups in total. The summed E-state index contributed by atoms with van der Waals surface area (Å²) in [7, 11) is 0. The van der Waals surface area contributed by atoms with Crippen LogP contribution in [0.2, 0.25) is 0 Å². The number of aromatic nitrogens is 2. The summed E-state index contributed by atoms with van der Waals surface area (Å²) in [6.07, 6.45) is 7.32. The highest BCUT2D eigenvalue weighted by molar-refractivity contribution is 5.64. The van der Waals surface area contributed by atoms with Crippen LogP contribution < -0.4 is 4.90 Å². The lowest BCUT2D eigenvalue weighted by atomic mass is 9.95. The van der Waals surface area contributed by atoms with E-state index in [2.05, 4.69) is 34.9 Å². The Morgan fingerprint density at radius 2 is 1.78 bits per heavy atom. The number of aryl methyl sites for hydroxylation is 2. The molecule has 32 heavy (non-hydrogen) atoms. The van der Waals surface area contributed by atoms with E-state index in [1.165, 1.54) is 35.2 Å². The van der Waals surface area contributed by atoms with Gasteiger partial charge in [-0.15, -0.1) is 0 Å². The van der Waals surface area contributed by atoms with Crippen molar-refractivity contribution in [1.82, 2.24) is 14.9 Å². The summed E-state index contributed by atoms with van der Waals surface area (Å²) in [5.74, 6) is 2.05. The summed E-state index contributed by atoms with van der Waals surface area (Å²) < 4.78 is 5.57. The van der Waals surface area contributed by atoms with Crippen molar-refractivity contribution in [1.29, 1.82) is 0 Å². The molecule has 1 saturated heterocycles. The summed E-state index contributed by atoms with van der Waals surface area (Å²) in [6.45, 7) is 7.83. The molecule has 2 aromatic rings. The first kappa shape index (κ1) is 21.6. The maximum atomic E-state index is 10.7. The highest BCUT2D eigenvalue weighted by Crippen LogP contribution is 2.31. The molecule has 0 bridgehead atoms. The van der Waals surface area contributed by atoms with Crippen LogP contribution in [-0.4, -0.2) is 65.9 Å². The molecule has 0 radical (unpaired) electrons. The average Bonchev–Trinajstić information content (AvgIpc) is 2.85. The van der Waals surface area contributed by atoms with Crippen molar-refractivity contribution in [3.8, 4) is 0 Å². The third-order valence-electron chi connectivity index (χ3n) is 6.95. The van der Waals surface area contributed by atoms with Gasteiger partial charge in [-0.2, -0.15) is 0 Å². The Labute approximate surface area is 190 Å². The van der Waals surface area contributed by atoms with Gasteiger partial charge in [0.15, 0.2) is 5.82 Å². The zero-order valence-corrected chi connectivity index (χ0v) is 19.1. The molecule has 1 aliphatic carbocycles. The summed E-state index contributed by atoms with van der Waals surface area (Å²) in [4.78, 5) is 14.8. The molecule has 1 aromatic heterocycles. The quantitative estimate of drug-likeness (QED) is 0.779. The van der Waals surface area contributed by atoms with E-state index in [9.17, 15) is 5.11 Å². The molecule has 1 fully saturated rings. The summed E-state index contributed by atoms with van der Waals surface area (Å²) in [5.41, 5.74) is 6.06. The fraction of sp³-hybridized carbons (Fsp3) is 0.538. The van der Waals surface area contributed by atoms with Crippen LogP contribution in [0.4, 0.5) is 5.82 Å². The van der Waals surface area contributed by atoms with Crippen LogP contribution in [0.5, 0.6) is 0 Å². The normalized spacial score (nSPS) is 20.6. The average molecular weight is 435 g/mol. The number of β-amino-alcohol motifs (C(OH)–C–C–N with tert-alkyl or cyclic N) is 1. The zero-order valence-electron chi connectivity index (χ0n) is 19.1. The van der Waals surface area contributed by atoms with E-state index in [1.807, 2.05) is 12.1 Å². The van der Waals surface area contributed by atoms with Crippen molar-refractivity contribution in [2.24, 2.45) is 0 Å². The molecule has 170 valence electrons. The lowest BCUT2D eigenvalue weighted by Gasteiger charge is -2.32. The van der Waals surface area contributed by atoms with E-state index in [-0.39, 0.29) is 0 Å². The Kier molecular flexibility index (Phi) is 6.53. The van der Waals surface area contributed by atoms with Crippen LogP contribution in [0.1, 0.15) is 53.6 Å². The molecule has 1 unspecified atom stereocenters. The third kappa shape index (κ3) is 4.72. The Morgan fingerprint density at radius 3 is 2.53 bits per heavy atom. The minimum Gasteiger partial charge on any atom is -0.387 e. The molecule has 3 aliphatic rings. The highest BCUT2D eigenvalue weighted by Gasteiger charge is 2.25. The van der Waals surface area contributed by atoms with Gasteiger partial charge >= 0.3 is 0 Å². The molecule has 6 nitrogen and oxygen atoms in total. The predicted octanol–water partition coefficient (Wildman–Crippen LogP) is 3.32. The van der Waals surface area contributed by atoms with Gasteiger partial charge in [0.05, 0.1) is 19.3 Å². The predicted molar refractivity (Wildman–Crippen MR) is 127 cm³/mol. The molecule has 6 heteroatoms. The molecule has 0 spiro atoms. The van der Waals surface area contributed by atoms with Gasteiger partial charge in [-0.25, -0.2) is 9.97 Å². The van der Waals surface area contributed by atoms with Crippen molar-refractivity contribution >= 4 is 11.4 Å². The minimum absolute atomic E-state index is 0.460. The first-order valence-electron chi connectivity index (χ1n) is 12.1. The third-order valence-corrected chi connectivity index (χ3v) is 6.95. The molecule has 0 saturated carbocycles. The van der Waals surface area contributed by atoms with Crippen LogP contribution in [-0.2, 0) is 17.6 Å². The van der Waals surface area contributed by atoms with Crippen molar-refractivity contribution in [3.05, 3.63) is 58.6 Å². The number of aliphatic hydroxyl groups excluding tert-OH is 1. The number of anilines is 1. The topological polar surface area (TPSA) is 61.7 Å². The first-order chi connectivity index (χ1) is 15.7. The summed E-state index contributed by atoms with van der Waals surface area (Å²) in [6, 6.07) is 8.18. The van der Waals surface area contributed by atoms with Gasteiger partial charge < -0.3 is 14.7 Å². The van der Waals surface area contributed by atoms with E-state index in [0.717, 1.165) is 75.9 Å². The van der Waals surface area contributed by atoms with Gasteiger partial charge in [0.25, 0.3) is 0 Å². The van der Waals surface area contributed by atoms with Crippen molar-refractivity contribution in [3.63, 3.8) is 0 Å². The molecular formula is C26H34N4O2. The summed E-state index contributed by atoms with van der Waals surface area (Å²) in [5, 5.41) is 10.7. The van der Waals surface area contributed by atoms with Crippen molar-refractivity contribution < 1.29 is 9.84 Å². The molecular weight excluding hydrogens is 400 g/mol. The number of hydrogen-bond donors (Lipinski definition) is 1. The standard InChI is InChI=1S/C26H34N4O2/c1-19-6-8-20(9-7-19)24(31)18-29-12-10-21(11-13-29)25-27-23-5-3-2-4-22(23)26(28-25)30-14-16-32-17-15-30/h6-10,24,31H,2-5,11-18H2,1H3. The second-order valence-electron chi connectivity index (χ2n) is 9.27. The Hall–Kier alpha value is -2.28. The fourth-order valence-electron chi connectivity index (χ4n) is 4.97. The Morgan fingerprint density at radius 1 is 1.00 bits per heavy atom. The first-order valence-corrected chi connectivity index (χ1v) is 12.1. The number of rotatable bonds is 5. The fourth-order valence-corrected chi connectivity index (χ4v) is 4.97. The number of ether oxygens (including phenoxy) is 1. The molecule has 1 atom stereocenters. The molecule has 0 amide bonds. The summed E-state index contributed by atoms with van der Waals surface area (Å²) >= 11 is 0. The SMILES string of the molecule is Cc1ccc(C(O)CN2CC=C(c3nc4c(c(N5CCOCC5)n3)CCCC4)CC2)cc1. The van der Waals surface area contributed by atoms with E-state index in [1.54, 1.807) is 0 Å².